The Hall–Kier alpha value is -1.00. The van der Waals surface area contributed by atoms with Gasteiger partial charge in [0.1, 0.15) is 11.6 Å². The third-order valence-corrected chi connectivity index (χ3v) is 4.35. The third kappa shape index (κ3) is 4.75. The van der Waals surface area contributed by atoms with Crippen molar-refractivity contribution in [1.29, 1.82) is 0 Å². The Morgan fingerprint density at radius 3 is 2.48 bits per heavy atom. The maximum atomic E-state index is 13.3. The highest BCUT2D eigenvalue weighted by Crippen LogP contribution is 2.29. The molecule has 0 radical (unpaired) electrons. The van der Waals surface area contributed by atoms with Crippen LogP contribution in [0.3, 0.4) is 0 Å². The van der Waals surface area contributed by atoms with Crippen LogP contribution in [-0.4, -0.2) is 31.6 Å². The molecule has 0 aliphatic carbocycles. The van der Waals surface area contributed by atoms with Crippen LogP contribution >= 0.6 is 0 Å². The molecule has 1 aromatic carbocycles. The van der Waals surface area contributed by atoms with Crippen molar-refractivity contribution in [2.75, 3.05) is 26.7 Å². The molecule has 0 amide bonds. The van der Waals surface area contributed by atoms with Crippen molar-refractivity contribution >= 4 is 0 Å². The first-order valence-electron chi connectivity index (χ1n) is 7.75. The molecule has 1 heterocycles. The summed E-state index contributed by atoms with van der Waals surface area (Å²) in [6, 6.07) is 3.75. The first-order valence-corrected chi connectivity index (χ1v) is 7.75. The zero-order chi connectivity index (χ0) is 15.5. The van der Waals surface area contributed by atoms with E-state index in [-0.39, 0.29) is 6.04 Å². The maximum absolute atomic E-state index is 13.3. The van der Waals surface area contributed by atoms with Gasteiger partial charge in [0, 0.05) is 18.7 Å². The van der Waals surface area contributed by atoms with E-state index < -0.39 is 11.6 Å². The minimum absolute atomic E-state index is 0.0137. The summed E-state index contributed by atoms with van der Waals surface area (Å²) in [4.78, 5) is 2.46. The first kappa shape index (κ1) is 16.4. The van der Waals surface area contributed by atoms with Gasteiger partial charge in [0.15, 0.2) is 0 Å². The Bertz CT molecular complexity index is 454. The average Bonchev–Trinajstić information content (AvgIpc) is 2.37. The lowest BCUT2D eigenvalue weighted by atomic mass is 9.84. The molecule has 118 valence electrons. The molecule has 21 heavy (non-hydrogen) atoms. The van der Waals surface area contributed by atoms with Crippen LogP contribution in [0.2, 0.25) is 0 Å². The molecule has 1 aliphatic heterocycles. The zero-order valence-corrected chi connectivity index (χ0v) is 13.3. The summed E-state index contributed by atoms with van der Waals surface area (Å²) in [5.74, 6) is -1.02. The molecule has 1 unspecified atom stereocenters. The van der Waals surface area contributed by atoms with Crippen LogP contribution in [0.1, 0.15) is 44.7 Å². The minimum Gasteiger partial charge on any atom is -0.313 e. The average molecular weight is 296 g/mol. The Morgan fingerprint density at radius 1 is 1.24 bits per heavy atom. The molecular weight excluding hydrogens is 270 g/mol. The van der Waals surface area contributed by atoms with Crippen molar-refractivity contribution in [3.63, 3.8) is 0 Å². The highest BCUT2D eigenvalue weighted by molar-refractivity contribution is 5.21. The number of rotatable bonds is 5. The predicted octanol–water partition coefficient (Wildman–Crippen LogP) is 3.74. The highest BCUT2D eigenvalue weighted by atomic mass is 19.1. The molecule has 1 atom stereocenters. The summed E-state index contributed by atoms with van der Waals surface area (Å²) in [5, 5.41) is 3.17. The van der Waals surface area contributed by atoms with Crippen LogP contribution < -0.4 is 5.32 Å². The van der Waals surface area contributed by atoms with Gasteiger partial charge < -0.3 is 10.2 Å². The van der Waals surface area contributed by atoms with Crippen LogP contribution in [0.15, 0.2) is 18.2 Å². The summed E-state index contributed by atoms with van der Waals surface area (Å²) in [5.41, 5.74) is 1.06. The molecule has 0 saturated carbocycles. The van der Waals surface area contributed by atoms with Crippen molar-refractivity contribution < 1.29 is 8.78 Å². The third-order valence-electron chi connectivity index (χ3n) is 4.35. The largest absolute Gasteiger partial charge is 0.313 e. The zero-order valence-electron chi connectivity index (χ0n) is 13.3. The van der Waals surface area contributed by atoms with E-state index in [9.17, 15) is 8.78 Å². The van der Waals surface area contributed by atoms with Gasteiger partial charge >= 0.3 is 0 Å². The number of benzene rings is 1. The van der Waals surface area contributed by atoms with Crippen LogP contribution in [0.5, 0.6) is 0 Å². The van der Waals surface area contributed by atoms with E-state index in [1.807, 2.05) is 7.05 Å². The quantitative estimate of drug-likeness (QED) is 0.890. The molecule has 1 N–H and O–H groups in total. The van der Waals surface area contributed by atoms with Crippen molar-refractivity contribution in [3.05, 3.63) is 35.4 Å². The molecule has 1 aliphatic rings. The van der Waals surface area contributed by atoms with Gasteiger partial charge in [0.05, 0.1) is 0 Å². The van der Waals surface area contributed by atoms with Crippen LogP contribution in [-0.2, 0) is 0 Å². The number of nitrogens with zero attached hydrogens (tertiary/aromatic N) is 1. The number of halogens is 2. The van der Waals surface area contributed by atoms with E-state index >= 15 is 0 Å². The second kappa shape index (κ2) is 6.84. The smallest absolute Gasteiger partial charge is 0.126 e. The Balaban J connectivity index is 1.96. The van der Waals surface area contributed by atoms with E-state index in [1.165, 1.54) is 25.0 Å². The molecule has 4 heteroatoms. The Kier molecular flexibility index (Phi) is 5.33. The molecule has 1 aromatic rings. The van der Waals surface area contributed by atoms with E-state index in [0.717, 1.165) is 32.1 Å². The molecule has 2 rings (SSSR count). The van der Waals surface area contributed by atoms with Crippen LogP contribution in [0.4, 0.5) is 8.78 Å². The molecule has 0 aromatic heterocycles. The van der Waals surface area contributed by atoms with Gasteiger partial charge in [0.25, 0.3) is 0 Å². The van der Waals surface area contributed by atoms with E-state index in [4.69, 9.17) is 0 Å². The normalized spacial score (nSPS) is 20.4. The summed E-state index contributed by atoms with van der Waals surface area (Å²) < 4.78 is 26.7. The van der Waals surface area contributed by atoms with Crippen LogP contribution in [0.25, 0.3) is 0 Å². The van der Waals surface area contributed by atoms with Gasteiger partial charge in [-0.25, -0.2) is 8.78 Å². The molecule has 2 nitrogen and oxygen atoms in total. The Labute approximate surface area is 126 Å². The van der Waals surface area contributed by atoms with Crippen molar-refractivity contribution in [3.8, 4) is 0 Å². The second-order valence-electron chi connectivity index (χ2n) is 6.88. The van der Waals surface area contributed by atoms with E-state index in [2.05, 4.69) is 24.1 Å². The molecular formula is C17H26F2N2. The molecule has 1 saturated heterocycles. The standard InChI is InChI=1S/C17H26F2N2/c1-17(2)6-4-7-21(12-17)8-5-16(20-3)13-9-14(18)11-15(19)10-13/h9-11,16,20H,4-8,12H2,1-3H3. The van der Waals surface area contributed by atoms with Gasteiger partial charge in [0.2, 0.25) is 0 Å². The lowest BCUT2D eigenvalue weighted by molar-refractivity contribution is 0.113. The van der Waals surface area contributed by atoms with Gasteiger partial charge in [-0.2, -0.15) is 0 Å². The van der Waals surface area contributed by atoms with Crippen LogP contribution in [0, 0.1) is 17.0 Å². The molecule has 0 bridgehead atoms. The number of hydrogen-bond acceptors (Lipinski definition) is 2. The summed E-state index contributed by atoms with van der Waals surface area (Å²) >= 11 is 0. The van der Waals surface area contributed by atoms with Gasteiger partial charge in [-0.1, -0.05) is 13.8 Å². The van der Waals surface area contributed by atoms with Crippen molar-refractivity contribution in [2.45, 2.75) is 39.2 Å². The lowest BCUT2D eigenvalue weighted by Gasteiger charge is -2.38. The van der Waals surface area contributed by atoms with Crippen molar-refractivity contribution in [1.82, 2.24) is 10.2 Å². The minimum atomic E-state index is -0.510. The van der Waals surface area contributed by atoms with Crippen molar-refractivity contribution in [2.24, 2.45) is 5.41 Å². The fourth-order valence-electron chi connectivity index (χ4n) is 3.30. The summed E-state index contributed by atoms with van der Waals surface area (Å²) in [6.45, 7) is 7.78. The topological polar surface area (TPSA) is 15.3 Å². The summed E-state index contributed by atoms with van der Waals surface area (Å²) in [7, 11) is 1.84. The van der Waals surface area contributed by atoms with Gasteiger partial charge in [-0.15, -0.1) is 0 Å². The molecule has 1 fully saturated rings. The van der Waals surface area contributed by atoms with E-state index in [1.54, 1.807) is 0 Å². The lowest BCUT2D eigenvalue weighted by Crippen LogP contribution is -2.41. The predicted molar refractivity (Wildman–Crippen MR) is 82.2 cm³/mol. The maximum Gasteiger partial charge on any atom is 0.126 e. The SMILES string of the molecule is CNC(CCN1CCCC(C)(C)C1)c1cc(F)cc(F)c1. The number of piperidine rings is 1. The molecule has 0 spiro atoms. The number of likely N-dealkylation sites (tertiary alicyclic amines) is 1. The number of hydrogen-bond donors (Lipinski definition) is 1. The first-order chi connectivity index (χ1) is 9.89. The fourth-order valence-corrected chi connectivity index (χ4v) is 3.30. The van der Waals surface area contributed by atoms with Gasteiger partial charge in [-0.3, -0.25) is 0 Å². The van der Waals surface area contributed by atoms with Gasteiger partial charge in [-0.05, 0) is 62.5 Å². The monoisotopic (exact) mass is 296 g/mol. The summed E-state index contributed by atoms with van der Waals surface area (Å²) in [6.07, 6.45) is 3.36. The highest BCUT2D eigenvalue weighted by Gasteiger charge is 2.26. The van der Waals surface area contributed by atoms with E-state index in [0.29, 0.717) is 11.0 Å². The number of nitrogens with one attached hydrogen (secondary N) is 1. The fraction of sp³-hybridized carbons (Fsp3) is 0.647. The second-order valence-corrected chi connectivity index (χ2v) is 6.88. The Morgan fingerprint density at radius 2 is 1.90 bits per heavy atom.